The minimum absolute atomic E-state index is 0.224. The van der Waals surface area contributed by atoms with Gasteiger partial charge in [-0.25, -0.2) is 4.79 Å². The van der Waals surface area contributed by atoms with Gasteiger partial charge in [-0.3, -0.25) is 0 Å². The average molecular weight is 420 g/mol. The molecule has 0 heterocycles. The molecule has 0 spiro atoms. The molecule has 150 valence electrons. The van der Waals surface area contributed by atoms with Crippen LogP contribution >= 0.6 is 11.6 Å². The van der Waals surface area contributed by atoms with Crippen molar-refractivity contribution in [3.8, 4) is 17.6 Å². The molecule has 30 heavy (non-hydrogen) atoms. The molecule has 0 unspecified atom stereocenters. The number of nitrogens with zero attached hydrogens (tertiary/aromatic N) is 1. The molecule has 5 nitrogen and oxygen atoms in total. The summed E-state index contributed by atoms with van der Waals surface area (Å²) < 4.78 is 11.3. The SMILES string of the molecule is COc1cc(C=C(C#N)c2ccc(Cl)cc2)ccc1OCc1ccc(C(=O)O)cc1. The predicted molar refractivity (Wildman–Crippen MR) is 116 cm³/mol. The summed E-state index contributed by atoms with van der Waals surface area (Å²) in [4.78, 5) is 10.9. The first-order chi connectivity index (χ1) is 14.5. The average Bonchev–Trinajstić information content (AvgIpc) is 2.77. The zero-order chi connectivity index (χ0) is 21.5. The van der Waals surface area contributed by atoms with Gasteiger partial charge < -0.3 is 14.6 Å². The fraction of sp³-hybridized carbons (Fsp3) is 0.0833. The monoisotopic (exact) mass is 419 g/mol. The van der Waals surface area contributed by atoms with Crippen LogP contribution in [0.3, 0.4) is 0 Å². The molecule has 0 radical (unpaired) electrons. The number of hydrogen-bond acceptors (Lipinski definition) is 4. The van der Waals surface area contributed by atoms with Crippen molar-refractivity contribution in [1.82, 2.24) is 0 Å². The highest BCUT2D eigenvalue weighted by atomic mass is 35.5. The highest BCUT2D eigenvalue weighted by molar-refractivity contribution is 6.30. The molecule has 3 aromatic carbocycles. The van der Waals surface area contributed by atoms with E-state index in [-0.39, 0.29) is 12.2 Å². The van der Waals surface area contributed by atoms with E-state index in [9.17, 15) is 10.1 Å². The van der Waals surface area contributed by atoms with E-state index in [0.717, 1.165) is 16.7 Å². The number of ether oxygens (including phenoxy) is 2. The van der Waals surface area contributed by atoms with E-state index >= 15 is 0 Å². The zero-order valence-corrected chi connectivity index (χ0v) is 16.9. The Balaban J connectivity index is 1.78. The van der Waals surface area contributed by atoms with Crippen molar-refractivity contribution in [3.05, 3.63) is 94.0 Å². The van der Waals surface area contributed by atoms with Crippen LogP contribution in [0.2, 0.25) is 5.02 Å². The Morgan fingerprint density at radius 1 is 1.03 bits per heavy atom. The van der Waals surface area contributed by atoms with E-state index < -0.39 is 5.97 Å². The van der Waals surface area contributed by atoms with Crippen molar-refractivity contribution in [2.24, 2.45) is 0 Å². The Bertz CT molecular complexity index is 1110. The largest absolute Gasteiger partial charge is 0.493 e. The second-order valence-electron chi connectivity index (χ2n) is 6.38. The molecular formula is C24H18ClNO4. The van der Waals surface area contributed by atoms with Crippen LogP contribution < -0.4 is 9.47 Å². The molecule has 3 rings (SSSR count). The molecule has 0 saturated heterocycles. The molecule has 0 aliphatic rings. The molecule has 3 aromatic rings. The molecule has 0 aliphatic carbocycles. The summed E-state index contributed by atoms with van der Waals surface area (Å²) in [5.74, 6) is 0.101. The van der Waals surface area contributed by atoms with Crippen LogP contribution in [0.1, 0.15) is 27.0 Å². The van der Waals surface area contributed by atoms with E-state index in [1.807, 2.05) is 6.07 Å². The molecule has 0 aromatic heterocycles. The Hall–Kier alpha value is -3.75. The standard InChI is InChI=1S/C24H18ClNO4/c1-29-23-13-17(12-20(14-26)18-7-9-21(25)10-8-18)4-11-22(23)30-15-16-2-5-19(6-3-16)24(27)28/h2-13H,15H2,1H3,(H,27,28). The van der Waals surface area contributed by atoms with Crippen molar-refractivity contribution >= 4 is 29.2 Å². The van der Waals surface area contributed by atoms with E-state index in [4.69, 9.17) is 26.2 Å². The molecular weight excluding hydrogens is 402 g/mol. The van der Waals surface area contributed by atoms with Gasteiger partial charge in [0.2, 0.25) is 0 Å². The molecule has 0 aliphatic heterocycles. The van der Waals surface area contributed by atoms with Gasteiger partial charge in [0.15, 0.2) is 11.5 Å². The van der Waals surface area contributed by atoms with Crippen molar-refractivity contribution in [2.75, 3.05) is 7.11 Å². The molecule has 0 amide bonds. The molecule has 6 heteroatoms. The number of methoxy groups -OCH3 is 1. The number of halogens is 1. The lowest BCUT2D eigenvalue weighted by molar-refractivity contribution is 0.0697. The number of hydrogen-bond donors (Lipinski definition) is 1. The molecule has 0 bridgehead atoms. The number of allylic oxidation sites excluding steroid dienone is 1. The maximum absolute atomic E-state index is 10.9. The van der Waals surface area contributed by atoms with Gasteiger partial charge in [0.05, 0.1) is 24.3 Å². The molecule has 0 fully saturated rings. The van der Waals surface area contributed by atoms with Crippen molar-refractivity contribution in [3.63, 3.8) is 0 Å². The molecule has 0 saturated carbocycles. The maximum atomic E-state index is 10.9. The van der Waals surface area contributed by atoms with Gasteiger partial charge in [-0.15, -0.1) is 0 Å². The summed E-state index contributed by atoms with van der Waals surface area (Å²) >= 11 is 5.91. The van der Waals surface area contributed by atoms with E-state index in [0.29, 0.717) is 22.1 Å². The third-order valence-corrected chi connectivity index (χ3v) is 4.62. The summed E-state index contributed by atoms with van der Waals surface area (Å²) in [7, 11) is 1.54. The number of carbonyl (C=O) groups is 1. The first kappa shape index (κ1) is 21.0. The number of carboxylic acids is 1. The fourth-order valence-corrected chi connectivity index (χ4v) is 2.90. The minimum Gasteiger partial charge on any atom is -0.493 e. The Kier molecular flexibility index (Phi) is 6.74. The number of aromatic carboxylic acids is 1. The van der Waals surface area contributed by atoms with E-state index in [2.05, 4.69) is 6.07 Å². The van der Waals surface area contributed by atoms with Gasteiger partial charge in [-0.1, -0.05) is 41.9 Å². The maximum Gasteiger partial charge on any atom is 0.335 e. The Morgan fingerprint density at radius 3 is 2.30 bits per heavy atom. The summed E-state index contributed by atoms with van der Waals surface area (Å²) in [6.07, 6.45) is 1.76. The van der Waals surface area contributed by atoms with Crippen LogP contribution in [-0.4, -0.2) is 18.2 Å². The summed E-state index contributed by atoms with van der Waals surface area (Å²) in [5.41, 5.74) is 3.12. The predicted octanol–water partition coefficient (Wildman–Crippen LogP) is 5.69. The van der Waals surface area contributed by atoms with Crippen LogP contribution in [0.4, 0.5) is 0 Å². The summed E-state index contributed by atoms with van der Waals surface area (Å²) in [6, 6.07) is 21.1. The van der Waals surface area contributed by atoms with Crippen LogP contribution in [-0.2, 0) is 6.61 Å². The first-order valence-electron chi connectivity index (χ1n) is 9.01. The van der Waals surface area contributed by atoms with Gasteiger partial charge in [0, 0.05) is 5.02 Å². The normalized spacial score (nSPS) is 10.9. The van der Waals surface area contributed by atoms with Gasteiger partial charge >= 0.3 is 5.97 Å². The highest BCUT2D eigenvalue weighted by Crippen LogP contribution is 2.30. The second kappa shape index (κ2) is 9.64. The third-order valence-electron chi connectivity index (χ3n) is 4.37. The molecule has 1 N–H and O–H groups in total. The zero-order valence-electron chi connectivity index (χ0n) is 16.1. The van der Waals surface area contributed by atoms with Gasteiger partial charge in [-0.05, 0) is 59.2 Å². The van der Waals surface area contributed by atoms with Crippen molar-refractivity contribution in [1.29, 1.82) is 5.26 Å². The number of nitriles is 1. The number of carboxylic acid groups (broad SMARTS) is 1. The highest BCUT2D eigenvalue weighted by Gasteiger charge is 2.08. The Morgan fingerprint density at radius 2 is 1.70 bits per heavy atom. The fourth-order valence-electron chi connectivity index (χ4n) is 2.77. The Labute approximate surface area is 179 Å². The third kappa shape index (κ3) is 5.19. The minimum atomic E-state index is -0.969. The van der Waals surface area contributed by atoms with Crippen LogP contribution in [0.25, 0.3) is 11.6 Å². The van der Waals surface area contributed by atoms with Gasteiger partial charge in [0.25, 0.3) is 0 Å². The first-order valence-corrected chi connectivity index (χ1v) is 9.39. The van der Waals surface area contributed by atoms with Gasteiger partial charge in [-0.2, -0.15) is 5.26 Å². The van der Waals surface area contributed by atoms with Crippen molar-refractivity contribution in [2.45, 2.75) is 6.61 Å². The van der Waals surface area contributed by atoms with E-state index in [1.165, 1.54) is 12.1 Å². The van der Waals surface area contributed by atoms with Crippen LogP contribution in [0.15, 0.2) is 66.7 Å². The lowest BCUT2D eigenvalue weighted by atomic mass is 10.0. The summed E-state index contributed by atoms with van der Waals surface area (Å²) in [5, 5.41) is 19.1. The second-order valence-corrected chi connectivity index (χ2v) is 6.81. The van der Waals surface area contributed by atoms with Gasteiger partial charge in [0.1, 0.15) is 6.61 Å². The smallest absolute Gasteiger partial charge is 0.335 e. The number of benzene rings is 3. The lowest BCUT2D eigenvalue weighted by Crippen LogP contribution is -2.00. The van der Waals surface area contributed by atoms with E-state index in [1.54, 1.807) is 61.7 Å². The summed E-state index contributed by atoms with van der Waals surface area (Å²) in [6.45, 7) is 0.264. The van der Waals surface area contributed by atoms with Crippen LogP contribution in [0, 0.1) is 11.3 Å². The lowest BCUT2D eigenvalue weighted by Gasteiger charge is -2.12. The molecule has 0 atom stereocenters. The quantitative estimate of drug-likeness (QED) is 0.393. The van der Waals surface area contributed by atoms with Crippen molar-refractivity contribution < 1.29 is 19.4 Å². The topological polar surface area (TPSA) is 79.5 Å². The number of rotatable bonds is 7. The van der Waals surface area contributed by atoms with Crippen LogP contribution in [0.5, 0.6) is 11.5 Å².